The maximum atomic E-state index is 12.9. The van der Waals surface area contributed by atoms with Crippen molar-refractivity contribution in [2.24, 2.45) is 5.92 Å². The summed E-state index contributed by atoms with van der Waals surface area (Å²) in [5.41, 5.74) is -0.0521. The van der Waals surface area contributed by atoms with Gasteiger partial charge in [-0.3, -0.25) is 9.69 Å². The largest absolute Gasteiger partial charge is 0.469 e. The van der Waals surface area contributed by atoms with Crippen LogP contribution in [0.5, 0.6) is 0 Å². The molecule has 0 unspecified atom stereocenters. The zero-order valence-corrected chi connectivity index (χ0v) is 17.3. The Morgan fingerprint density at radius 3 is 1.94 bits per heavy atom. The standard InChI is InChI=1S/C23H23F6NO2/c1-32-21(31)11-16-10-18(17-4-8-20(9-5-17)23(27,28)29)14-30(13-16)12-15-2-6-19(7-3-15)22(24,25)26/h2-9,16,18H,10-14H2,1H3/t16-,18+/m0/s1. The van der Waals surface area contributed by atoms with Crippen LogP contribution in [0.15, 0.2) is 48.5 Å². The number of rotatable bonds is 5. The van der Waals surface area contributed by atoms with Gasteiger partial charge in [0.1, 0.15) is 0 Å². The monoisotopic (exact) mass is 459 g/mol. The van der Waals surface area contributed by atoms with Crippen LogP contribution in [-0.4, -0.2) is 31.1 Å². The third-order valence-electron chi connectivity index (χ3n) is 5.69. The van der Waals surface area contributed by atoms with Crippen molar-refractivity contribution < 1.29 is 35.9 Å². The fraction of sp³-hybridized carbons (Fsp3) is 0.435. The molecule has 2 aromatic carbocycles. The zero-order valence-electron chi connectivity index (χ0n) is 17.3. The van der Waals surface area contributed by atoms with Gasteiger partial charge in [0.15, 0.2) is 0 Å². The van der Waals surface area contributed by atoms with E-state index in [0.717, 1.165) is 29.8 Å². The predicted octanol–water partition coefficient (Wildman–Crippen LogP) is 5.89. The molecule has 174 valence electrons. The number of ether oxygens (including phenoxy) is 1. The Kier molecular flexibility index (Phi) is 7.17. The van der Waals surface area contributed by atoms with Crippen LogP contribution >= 0.6 is 0 Å². The highest BCUT2D eigenvalue weighted by molar-refractivity contribution is 5.69. The van der Waals surface area contributed by atoms with Crippen LogP contribution in [0.2, 0.25) is 0 Å². The Balaban J connectivity index is 1.77. The van der Waals surface area contributed by atoms with Gasteiger partial charge in [0, 0.05) is 26.1 Å². The van der Waals surface area contributed by atoms with E-state index in [0.29, 0.717) is 31.6 Å². The van der Waals surface area contributed by atoms with E-state index in [4.69, 9.17) is 4.74 Å². The molecule has 0 N–H and O–H groups in total. The van der Waals surface area contributed by atoms with Gasteiger partial charge in [-0.1, -0.05) is 24.3 Å². The molecule has 1 saturated heterocycles. The topological polar surface area (TPSA) is 29.5 Å². The Labute approximate surface area is 182 Å². The molecule has 32 heavy (non-hydrogen) atoms. The van der Waals surface area contributed by atoms with Gasteiger partial charge < -0.3 is 4.74 Å². The maximum Gasteiger partial charge on any atom is 0.416 e. The molecular weight excluding hydrogens is 436 g/mol. The first-order valence-corrected chi connectivity index (χ1v) is 10.1. The van der Waals surface area contributed by atoms with Crippen LogP contribution in [-0.2, 0) is 28.4 Å². The molecule has 2 atom stereocenters. The van der Waals surface area contributed by atoms with Gasteiger partial charge in [-0.05, 0) is 53.6 Å². The summed E-state index contributed by atoms with van der Waals surface area (Å²) in [5.74, 6) is -0.578. The highest BCUT2D eigenvalue weighted by Crippen LogP contribution is 2.35. The van der Waals surface area contributed by atoms with Gasteiger partial charge in [-0.15, -0.1) is 0 Å². The second-order valence-electron chi connectivity index (χ2n) is 8.09. The first-order chi connectivity index (χ1) is 15.0. The van der Waals surface area contributed by atoms with Crippen molar-refractivity contribution in [2.75, 3.05) is 20.2 Å². The van der Waals surface area contributed by atoms with E-state index >= 15 is 0 Å². The van der Waals surface area contributed by atoms with Crippen LogP contribution < -0.4 is 0 Å². The van der Waals surface area contributed by atoms with E-state index in [1.54, 1.807) is 0 Å². The zero-order chi connectivity index (χ0) is 23.5. The van der Waals surface area contributed by atoms with Crippen LogP contribution in [0, 0.1) is 5.92 Å². The quantitative estimate of drug-likeness (QED) is 0.412. The molecule has 0 bridgehead atoms. The molecule has 1 aliphatic heterocycles. The van der Waals surface area contributed by atoms with Crippen molar-refractivity contribution in [1.82, 2.24) is 4.90 Å². The van der Waals surface area contributed by atoms with Gasteiger partial charge in [0.2, 0.25) is 0 Å². The lowest BCUT2D eigenvalue weighted by atomic mass is 9.82. The second-order valence-corrected chi connectivity index (χ2v) is 8.09. The van der Waals surface area contributed by atoms with E-state index in [1.807, 2.05) is 4.90 Å². The van der Waals surface area contributed by atoms with Crippen molar-refractivity contribution in [2.45, 2.75) is 37.7 Å². The molecule has 3 rings (SSSR count). The first kappa shape index (κ1) is 24.1. The van der Waals surface area contributed by atoms with E-state index < -0.39 is 23.5 Å². The van der Waals surface area contributed by atoms with Crippen LogP contribution in [0.1, 0.15) is 41.0 Å². The molecule has 0 radical (unpaired) electrons. The summed E-state index contributed by atoms with van der Waals surface area (Å²) in [4.78, 5) is 13.8. The van der Waals surface area contributed by atoms with E-state index in [1.165, 1.54) is 31.4 Å². The normalized spacial score (nSPS) is 20.2. The Morgan fingerprint density at radius 2 is 1.44 bits per heavy atom. The predicted molar refractivity (Wildman–Crippen MR) is 106 cm³/mol. The molecule has 0 amide bonds. The number of esters is 1. The van der Waals surface area contributed by atoms with Crippen molar-refractivity contribution in [1.29, 1.82) is 0 Å². The number of piperidine rings is 1. The summed E-state index contributed by atoms with van der Waals surface area (Å²) in [5, 5.41) is 0. The average molecular weight is 459 g/mol. The average Bonchev–Trinajstić information content (AvgIpc) is 2.72. The van der Waals surface area contributed by atoms with Crippen molar-refractivity contribution >= 4 is 5.97 Å². The highest BCUT2D eigenvalue weighted by Gasteiger charge is 2.33. The van der Waals surface area contributed by atoms with Gasteiger partial charge in [-0.2, -0.15) is 26.3 Å². The van der Waals surface area contributed by atoms with Crippen molar-refractivity contribution in [3.05, 3.63) is 70.8 Å². The minimum Gasteiger partial charge on any atom is -0.469 e. The number of hydrogen-bond donors (Lipinski definition) is 0. The molecule has 2 aromatic rings. The van der Waals surface area contributed by atoms with Gasteiger partial charge in [0.05, 0.1) is 18.2 Å². The summed E-state index contributed by atoms with van der Waals surface area (Å²) in [6.45, 7) is 1.42. The summed E-state index contributed by atoms with van der Waals surface area (Å²) in [6.07, 6.45) is -8.07. The lowest BCUT2D eigenvalue weighted by Crippen LogP contribution is -2.40. The van der Waals surface area contributed by atoms with E-state index in [2.05, 4.69) is 0 Å². The van der Waals surface area contributed by atoms with Crippen molar-refractivity contribution in [3.8, 4) is 0 Å². The fourth-order valence-corrected chi connectivity index (χ4v) is 4.14. The van der Waals surface area contributed by atoms with Gasteiger partial charge in [0.25, 0.3) is 0 Å². The third-order valence-corrected chi connectivity index (χ3v) is 5.69. The number of nitrogens with zero attached hydrogens (tertiary/aromatic N) is 1. The Hall–Kier alpha value is -2.55. The smallest absolute Gasteiger partial charge is 0.416 e. The molecular formula is C23H23F6NO2. The van der Waals surface area contributed by atoms with Gasteiger partial charge >= 0.3 is 18.3 Å². The number of carbonyl (C=O) groups excluding carboxylic acids is 1. The van der Waals surface area contributed by atoms with E-state index in [-0.39, 0.29) is 24.2 Å². The minimum absolute atomic E-state index is 0.0852. The number of likely N-dealkylation sites (tertiary alicyclic amines) is 1. The Morgan fingerprint density at radius 1 is 0.906 bits per heavy atom. The fourth-order valence-electron chi connectivity index (χ4n) is 4.14. The summed E-state index contributed by atoms with van der Waals surface area (Å²) < 4.78 is 81.8. The molecule has 1 heterocycles. The van der Waals surface area contributed by atoms with Crippen molar-refractivity contribution in [3.63, 3.8) is 0 Å². The number of alkyl halides is 6. The number of methoxy groups -OCH3 is 1. The highest BCUT2D eigenvalue weighted by atomic mass is 19.4. The third kappa shape index (κ3) is 6.25. The minimum atomic E-state index is -4.42. The number of halogens is 6. The van der Waals surface area contributed by atoms with Crippen LogP contribution in [0.4, 0.5) is 26.3 Å². The van der Waals surface area contributed by atoms with Gasteiger partial charge in [-0.25, -0.2) is 0 Å². The molecule has 0 aromatic heterocycles. The lowest BCUT2D eigenvalue weighted by Gasteiger charge is -2.38. The van der Waals surface area contributed by atoms with E-state index in [9.17, 15) is 31.1 Å². The molecule has 1 fully saturated rings. The molecule has 1 aliphatic rings. The molecule has 3 nitrogen and oxygen atoms in total. The molecule has 9 heteroatoms. The SMILES string of the molecule is COC(=O)C[C@@H]1C[C@@H](c2ccc(C(F)(F)F)cc2)CN(Cc2ccc(C(F)(F)F)cc2)C1. The summed E-state index contributed by atoms with van der Waals surface area (Å²) in [7, 11) is 1.29. The Bertz CT molecular complexity index is 906. The molecule has 0 aliphatic carbocycles. The number of carbonyl (C=O) groups is 1. The molecule has 0 spiro atoms. The second kappa shape index (κ2) is 9.52. The van der Waals surface area contributed by atoms with Crippen LogP contribution in [0.25, 0.3) is 0 Å². The van der Waals surface area contributed by atoms with Crippen LogP contribution in [0.3, 0.4) is 0 Å². The summed E-state index contributed by atoms with van der Waals surface area (Å²) in [6, 6.07) is 9.87. The summed E-state index contributed by atoms with van der Waals surface area (Å²) >= 11 is 0. The lowest BCUT2D eigenvalue weighted by molar-refractivity contribution is -0.142. The first-order valence-electron chi connectivity index (χ1n) is 10.1. The number of benzene rings is 2. The number of hydrogen-bond acceptors (Lipinski definition) is 3. The maximum absolute atomic E-state index is 12.9. The molecule has 0 saturated carbocycles.